The van der Waals surface area contributed by atoms with Gasteiger partial charge in [0.15, 0.2) is 5.84 Å². The summed E-state index contributed by atoms with van der Waals surface area (Å²) < 4.78 is 13.1. The lowest BCUT2D eigenvalue weighted by Gasteiger charge is -2.27. The Morgan fingerprint density at radius 2 is 1.88 bits per heavy atom. The molecule has 2 aromatic carbocycles. The van der Waals surface area contributed by atoms with Crippen LogP contribution in [0.15, 0.2) is 57.7 Å². The third-order valence-corrected chi connectivity index (χ3v) is 4.69. The van der Waals surface area contributed by atoms with Crippen LogP contribution in [0.3, 0.4) is 0 Å². The first-order valence-electron chi connectivity index (χ1n) is 7.72. The van der Waals surface area contributed by atoms with Gasteiger partial charge in [0, 0.05) is 21.2 Å². The number of rotatable bonds is 2. The van der Waals surface area contributed by atoms with Gasteiger partial charge in [-0.05, 0) is 24.3 Å². The second-order valence-corrected chi connectivity index (χ2v) is 6.55. The summed E-state index contributed by atoms with van der Waals surface area (Å²) in [4.78, 5) is 6.64. The van der Waals surface area contributed by atoms with Crippen molar-refractivity contribution in [1.82, 2.24) is 0 Å². The lowest BCUT2D eigenvalue weighted by Crippen LogP contribution is -2.40. The Balaban J connectivity index is 1.91. The van der Waals surface area contributed by atoms with Gasteiger partial charge in [-0.15, -0.1) is 5.10 Å². The van der Waals surface area contributed by atoms with E-state index >= 15 is 0 Å². The summed E-state index contributed by atoms with van der Waals surface area (Å²) in [5.74, 6) is 0.669. The zero-order valence-electron chi connectivity index (χ0n) is 13.1. The Bertz CT molecular complexity index is 936. The molecule has 0 spiro atoms. The Kier molecular flexibility index (Phi) is 4.27. The quantitative estimate of drug-likeness (QED) is 0.768. The van der Waals surface area contributed by atoms with Gasteiger partial charge in [0.1, 0.15) is 6.67 Å². The number of halogens is 3. The average molecular weight is 375 g/mol. The summed E-state index contributed by atoms with van der Waals surface area (Å²) in [7, 11) is 0. The fourth-order valence-electron chi connectivity index (χ4n) is 2.95. The van der Waals surface area contributed by atoms with Crippen molar-refractivity contribution in [2.75, 3.05) is 24.7 Å². The smallest absolute Gasteiger partial charge is 0.154 e. The molecule has 126 valence electrons. The van der Waals surface area contributed by atoms with E-state index in [0.717, 1.165) is 22.5 Å². The molecule has 0 unspecified atom stereocenters. The molecule has 0 saturated carbocycles. The van der Waals surface area contributed by atoms with Crippen LogP contribution in [0.4, 0.5) is 10.1 Å². The number of hydrogen-bond donors (Lipinski definition) is 0. The number of amidine groups is 1. The normalized spacial score (nSPS) is 16.3. The number of anilines is 1. The molecule has 2 aromatic rings. The molecule has 2 aliphatic heterocycles. The number of alkyl halides is 1. The maximum atomic E-state index is 13.1. The average Bonchev–Trinajstić information content (AvgIpc) is 2.78. The van der Waals surface area contributed by atoms with E-state index in [2.05, 4.69) is 10.2 Å². The highest BCUT2D eigenvalue weighted by Crippen LogP contribution is 2.32. The highest BCUT2D eigenvalue weighted by molar-refractivity contribution is 6.37. The number of nitrogens with zero attached hydrogens (tertiary/aromatic N) is 4. The zero-order chi connectivity index (χ0) is 17.4. The number of fused-ring (bicyclic) bond motifs is 3. The van der Waals surface area contributed by atoms with Crippen molar-refractivity contribution in [3.63, 3.8) is 0 Å². The molecule has 2 aliphatic rings. The van der Waals surface area contributed by atoms with Crippen LogP contribution >= 0.6 is 23.2 Å². The van der Waals surface area contributed by atoms with Crippen molar-refractivity contribution < 1.29 is 4.39 Å². The predicted octanol–water partition coefficient (Wildman–Crippen LogP) is 4.39. The Morgan fingerprint density at radius 1 is 1.04 bits per heavy atom. The van der Waals surface area contributed by atoms with Crippen LogP contribution < -0.4 is 4.90 Å². The van der Waals surface area contributed by atoms with Gasteiger partial charge >= 0.3 is 0 Å². The summed E-state index contributed by atoms with van der Waals surface area (Å²) in [5.41, 5.74) is 3.64. The molecular weight excluding hydrogens is 362 g/mol. The molecule has 0 bridgehead atoms. The van der Waals surface area contributed by atoms with Gasteiger partial charge in [-0.25, -0.2) is 4.39 Å². The maximum absolute atomic E-state index is 13.1. The minimum absolute atomic E-state index is 0.329. The lowest BCUT2D eigenvalue weighted by atomic mass is 10.00. The van der Waals surface area contributed by atoms with Gasteiger partial charge in [-0.2, -0.15) is 5.10 Å². The van der Waals surface area contributed by atoms with E-state index < -0.39 is 6.67 Å². The molecule has 0 saturated heterocycles. The van der Waals surface area contributed by atoms with E-state index in [9.17, 15) is 4.39 Å². The van der Waals surface area contributed by atoms with Gasteiger partial charge < -0.3 is 4.90 Å². The number of benzene rings is 2. The monoisotopic (exact) mass is 374 g/mol. The van der Waals surface area contributed by atoms with Crippen molar-refractivity contribution in [3.05, 3.63) is 63.6 Å². The molecule has 0 aromatic heterocycles. The third kappa shape index (κ3) is 2.94. The van der Waals surface area contributed by atoms with Crippen LogP contribution in [0.2, 0.25) is 10.0 Å². The molecule has 7 heteroatoms. The highest BCUT2D eigenvalue weighted by atomic mass is 35.5. The fourth-order valence-corrected chi connectivity index (χ4v) is 3.35. The van der Waals surface area contributed by atoms with Crippen molar-refractivity contribution >= 4 is 46.1 Å². The molecule has 0 radical (unpaired) electrons. The van der Waals surface area contributed by atoms with Gasteiger partial charge in [0.25, 0.3) is 0 Å². The van der Waals surface area contributed by atoms with E-state index in [1.54, 1.807) is 6.07 Å². The maximum Gasteiger partial charge on any atom is 0.154 e. The SMILES string of the molecule is FCC1=NN=C2CN=C(c3ccccc3Cl)c3cc(Cl)ccc3N2C1. The highest BCUT2D eigenvalue weighted by Gasteiger charge is 2.28. The molecular formula is C18H13Cl2FN4. The summed E-state index contributed by atoms with van der Waals surface area (Å²) in [6.45, 7) is 0.0413. The van der Waals surface area contributed by atoms with E-state index in [4.69, 9.17) is 28.2 Å². The van der Waals surface area contributed by atoms with Crippen molar-refractivity contribution in [2.24, 2.45) is 15.2 Å². The first-order valence-corrected chi connectivity index (χ1v) is 8.48. The predicted molar refractivity (Wildman–Crippen MR) is 102 cm³/mol. The van der Waals surface area contributed by atoms with E-state index in [0.29, 0.717) is 34.7 Å². The topological polar surface area (TPSA) is 40.3 Å². The van der Waals surface area contributed by atoms with Gasteiger partial charge in [0.05, 0.1) is 30.2 Å². The third-order valence-electron chi connectivity index (χ3n) is 4.13. The molecule has 0 amide bonds. The summed E-state index contributed by atoms with van der Waals surface area (Å²) >= 11 is 12.6. The Morgan fingerprint density at radius 3 is 2.68 bits per heavy atom. The first kappa shape index (κ1) is 16.2. The van der Waals surface area contributed by atoms with Crippen LogP contribution in [0.25, 0.3) is 0 Å². The van der Waals surface area contributed by atoms with E-state index in [-0.39, 0.29) is 0 Å². The molecule has 25 heavy (non-hydrogen) atoms. The molecule has 0 atom stereocenters. The molecule has 0 N–H and O–H groups in total. The van der Waals surface area contributed by atoms with Crippen LogP contribution in [-0.2, 0) is 0 Å². The summed E-state index contributed by atoms with van der Waals surface area (Å²) in [5, 5.41) is 9.30. The van der Waals surface area contributed by atoms with Crippen LogP contribution in [0, 0.1) is 0 Å². The lowest BCUT2D eigenvalue weighted by molar-refractivity contribution is 0.576. The van der Waals surface area contributed by atoms with Gasteiger partial charge in [0.2, 0.25) is 0 Å². The second kappa shape index (κ2) is 6.58. The van der Waals surface area contributed by atoms with Gasteiger partial charge in [-0.1, -0.05) is 41.4 Å². The van der Waals surface area contributed by atoms with Crippen molar-refractivity contribution in [3.8, 4) is 0 Å². The Hall–Kier alpha value is -2.24. The summed E-state index contributed by atoms with van der Waals surface area (Å²) in [6.07, 6.45) is 0. The molecule has 4 rings (SSSR count). The number of aliphatic imine (C=N–C) groups is 1. The minimum atomic E-state index is -0.631. The Labute approximate surface area is 154 Å². The van der Waals surface area contributed by atoms with Crippen LogP contribution in [0.5, 0.6) is 0 Å². The van der Waals surface area contributed by atoms with Gasteiger partial charge in [-0.3, -0.25) is 4.99 Å². The minimum Gasteiger partial charge on any atom is -0.320 e. The van der Waals surface area contributed by atoms with Crippen molar-refractivity contribution in [2.45, 2.75) is 0 Å². The largest absolute Gasteiger partial charge is 0.320 e. The standard InChI is InChI=1S/C18H13Cl2FN4/c19-11-5-6-16-14(7-11)18(13-3-1-2-4-15(13)20)22-9-17-24-23-12(8-21)10-25(16)17/h1-7H,8-10H2. The molecule has 2 heterocycles. The zero-order valence-corrected chi connectivity index (χ0v) is 14.6. The molecule has 0 fully saturated rings. The van der Waals surface area contributed by atoms with E-state index in [1.807, 2.05) is 41.3 Å². The molecule has 0 aliphatic carbocycles. The van der Waals surface area contributed by atoms with Crippen LogP contribution in [0.1, 0.15) is 11.1 Å². The fraction of sp³-hybridized carbons (Fsp3) is 0.167. The second-order valence-electron chi connectivity index (χ2n) is 5.71. The first-order chi connectivity index (χ1) is 12.2. The van der Waals surface area contributed by atoms with E-state index in [1.165, 1.54) is 0 Å². The molecule has 4 nitrogen and oxygen atoms in total. The number of hydrogen-bond acceptors (Lipinski definition) is 4. The van der Waals surface area contributed by atoms with Crippen LogP contribution in [-0.4, -0.2) is 37.0 Å². The van der Waals surface area contributed by atoms with Crippen molar-refractivity contribution in [1.29, 1.82) is 0 Å². The summed E-state index contributed by atoms with van der Waals surface area (Å²) in [6, 6.07) is 13.1.